The molecule has 1 aromatic carbocycles. The second-order valence-electron chi connectivity index (χ2n) is 6.26. The van der Waals surface area contributed by atoms with Gasteiger partial charge in [-0.15, -0.1) is 0 Å². The van der Waals surface area contributed by atoms with Gasteiger partial charge >= 0.3 is 18.0 Å². The molecule has 29 heavy (non-hydrogen) atoms. The van der Waals surface area contributed by atoms with Gasteiger partial charge in [0.05, 0.1) is 30.3 Å². The first-order valence-corrected chi connectivity index (χ1v) is 9.65. The van der Waals surface area contributed by atoms with Gasteiger partial charge in [0.15, 0.2) is 5.78 Å². The molecule has 0 aliphatic carbocycles. The van der Waals surface area contributed by atoms with Crippen molar-refractivity contribution in [3.63, 3.8) is 0 Å². The predicted octanol–water partition coefficient (Wildman–Crippen LogP) is 2.75. The van der Waals surface area contributed by atoms with Crippen LogP contribution in [0, 0.1) is 0 Å². The SMILES string of the molecule is CCOC(=O)C1=C(COC(=O)CCC(=O)c2ccc(Cl)cc2)NC(=O)N[C@H]1CC. The van der Waals surface area contributed by atoms with Crippen LogP contribution in [0.1, 0.15) is 43.5 Å². The highest BCUT2D eigenvalue weighted by atomic mass is 35.5. The van der Waals surface area contributed by atoms with Crippen molar-refractivity contribution in [2.75, 3.05) is 13.2 Å². The van der Waals surface area contributed by atoms with E-state index in [0.717, 1.165) is 0 Å². The average molecular weight is 423 g/mol. The highest BCUT2D eigenvalue weighted by molar-refractivity contribution is 6.30. The quantitative estimate of drug-likeness (QED) is 0.467. The second kappa shape index (κ2) is 10.6. The number of esters is 2. The molecular formula is C20H23ClN2O6. The molecule has 0 saturated carbocycles. The van der Waals surface area contributed by atoms with Gasteiger partial charge in [0.25, 0.3) is 0 Å². The van der Waals surface area contributed by atoms with E-state index in [1.165, 1.54) is 0 Å². The third-order valence-electron chi connectivity index (χ3n) is 4.25. The molecule has 8 nitrogen and oxygen atoms in total. The Labute approximate surface area is 173 Å². The Bertz CT molecular complexity index is 819. The summed E-state index contributed by atoms with van der Waals surface area (Å²) in [5.74, 6) is -1.43. The molecule has 1 aliphatic rings. The third-order valence-corrected chi connectivity index (χ3v) is 4.50. The van der Waals surface area contributed by atoms with Crippen molar-refractivity contribution >= 4 is 35.4 Å². The Morgan fingerprint density at radius 3 is 2.38 bits per heavy atom. The monoisotopic (exact) mass is 422 g/mol. The summed E-state index contributed by atoms with van der Waals surface area (Å²) in [5.41, 5.74) is 0.848. The summed E-state index contributed by atoms with van der Waals surface area (Å²) >= 11 is 5.79. The topological polar surface area (TPSA) is 111 Å². The molecule has 2 rings (SSSR count). The number of hydrogen-bond acceptors (Lipinski definition) is 6. The summed E-state index contributed by atoms with van der Waals surface area (Å²) in [4.78, 5) is 48.2. The molecule has 0 saturated heterocycles. The van der Waals surface area contributed by atoms with Crippen LogP contribution in [-0.2, 0) is 19.1 Å². The van der Waals surface area contributed by atoms with Gasteiger partial charge in [-0.3, -0.25) is 9.59 Å². The lowest BCUT2D eigenvalue weighted by molar-refractivity contribution is -0.143. The van der Waals surface area contributed by atoms with E-state index in [2.05, 4.69) is 10.6 Å². The van der Waals surface area contributed by atoms with Crippen molar-refractivity contribution in [3.05, 3.63) is 46.1 Å². The Morgan fingerprint density at radius 1 is 1.07 bits per heavy atom. The lowest BCUT2D eigenvalue weighted by Gasteiger charge is -2.28. The standard InChI is InChI=1S/C20H23ClN2O6/c1-3-14-18(19(26)28-4-2)15(23-20(27)22-14)11-29-17(25)10-9-16(24)12-5-7-13(21)8-6-12/h5-8,14H,3-4,9-11H2,1-2H3,(H2,22,23,27)/t14-/m0/s1. The van der Waals surface area contributed by atoms with E-state index in [0.29, 0.717) is 17.0 Å². The summed E-state index contributed by atoms with van der Waals surface area (Å²) < 4.78 is 10.2. The van der Waals surface area contributed by atoms with Gasteiger partial charge in [-0.2, -0.15) is 0 Å². The van der Waals surface area contributed by atoms with Gasteiger partial charge in [-0.25, -0.2) is 9.59 Å². The van der Waals surface area contributed by atoms with Crippen LogP contribution in [0.15, 0.2) is 35.5 Å². The van der Waals surface area contributed by atoms with E-state index in [1.54, 1.807) is 31.2 Å². The average Bonchev–Trinajstić information content (AvgIpc) is 2.70. The number of ketones is 1. The number of Topliss-reactive ketones (excluding diaryl/α,β-unsaturated/α-hetero) is 1. The van der Waals surface area contributed by atoms with E-state index < -0.39 is 24.0 Å². The zero-order chi connectivity index (χ0) is 21.4. The van der Waals surface area contributed by atoms with E-state index in [4.69, 9.17) is 21.1 Å². The molecule has 2 N–H and O–H groups in total. The van der Waals surface area contributed by atoms with Crippen LogP contribution in [0.25, 0.3) is 0 Å². The second-order valence-corrected chi connectivity index (χ2v) is 6.70. The smallest absolute Gasteiger partial charge is 0.338 e. The molecule has 0 fully saturated rings. The van der Waals surface area contributed by atoms with Gasteiger partial charge in [0.1, 0.15) is 6.61 Å². The number of rotatable bonds is 9. The van der Waals surface area contributed by atoms with E-state index >= 15 is 0 Å². The first-order chi connectivity index (χ1) is 13.8. The normalized spacial score (nSPS) is 16.0. The molecule has 9 heteroatoms. The van der Waals surface area contributed by atoms with E-state index in [1.807, 2.05) is 6.92 Å². The van der Waals surface area contributed by atoms with E-state index in [-0.39, 0.29) is 43.1 Å². The lowest BCUT2D eigenvalue weighted by atomic mass is 10.0. The largest absolute Gasteiger partial charge is 0.463 e. The minimum Gasteiger partial charge on any atom is -0.463 e. The van der Waals surface area contributed by atoms with Crippen molar-refractivity contribution < 1.29 is 28.7 Å². The van der Waals surface area contributed by atoms with Crippen LogP contribution in [-0.4, -0.2) is 43.0 Å². The molecule has 156 valence electrons. The molecule has 1 atom stereocenters. The van der Waals surface area contributed by atoms with E-state index in [9.17, 15) is 19.2 Å². The Hall–Kier alpha value is -2.87. The Balaban J connectivity index is 1.98. The summed E-state index contributed by atoms with van der Waals surface area (Å²) in [5, 5.41) is 5.64. The number of benzene rings is 1. The van der Waals surface area contributed by atoms with Crippen LogP contribution >= 0.6 is 11.6 Å². The van der Waals surface area contributed by atoms with Crippen LogP contribution < -0.4 is 10.6 Å². The van der Waals surface area contributed by atoms with Crippen molar-refractivity contribution in [2.45, 2.75) is 39.2 Å². The number of urea groups is 1. The molecule has 1 aromatic rings. The number of hydrogen-bond donors (Lipinski definition) is 2. The summed E-state index contributed by atoms with van der Waals surface area (Å²) in [6, 6.07) is 5.34. The molecule has 1 heterocycles. The first-order valence-electron chi connectivity index (χ1n) is 9.27. The predicted molar refractivity (Wildman–Crippen MR) is 105 cm³/mol. The van der Waals surface area contributed by atoms with Gasteiger partial charge in [0, 0.05) is 17.0 Å². The number of carbonyl (C=O) groups is 4. The maximum atomic E-state index is 12.3. The highest BCUT2D eigenvalue weighted by Gasteiger charge is 2.32. The first kappa shape index (κ1) is 22.4. The lowest BCUT2D eigenvalue weighted by Crippen LogP contribution is -2.51. The number of amides is 2. The van der Waals surface area contributed by atoms with Gasteiger partial charge in [0.2, 0.25) is 0 Å². The van der Waals surface area contributed by atoms with Crippen molar-refractivity contribution in [1.29, 1.82) is 0 Å². The molecule has 0 unspecified atom stereocenters. The third kappa shape index (κ3) is 6.32. The molecule has 0 radical (unpaired) electrons. The molecule has 0 bridgehead atoms. The number of nitrogens with one attached hydrogen (secondary N) is 2. The molecule has 1 aliphatic heterocycles. The molecule has 2 amide bonds. The zero-order valence-corrected chi connectivity index (χ0v) is 17.0. The maximum absolute atomic E-state index is 12.3. The highest BCUT2D eigenvalue weighted by Crippen LogP contribution is 2.18. The summed E-state index contributed by atoms with van der Waals surface area (Å²) in [7, 11) is 0. The fraction of sp³-hybridized carbons (Fsp3) is 0.400. The Morgan fingerprint density at radius 2 is 1.76 bits per heavy atom. The van der Waals surface area contributed by atoms with Crippen molar-refractivity contribution in [1.82, 2.24) is 10.6 Å². The van der Waals surface area contributed by atoms with Crippen molar-refractivity contribution in [2.24, 2.45) is 0 Å². The van der Waals surface area contributed by atoms with Gasteiger partial charge < -0.3 is 20.1 Å². The summed E-state index contributed by atoms with van der Waals surface area (Å²) in [6.45, 7) is 3.35. The van der Waals surface area contributed by atoms with Gasteiger partial charge in [-0.05, 0) is 37.6 Å². The molecule has 0 aromatic heterocycles. The number of carbonyl (C=O) groups excluding carboxylic acids is 4. The zero-order valence-electron chi connectivity index (χ0n) is 16.2. The van der Waals surface area contributed by atoms with Crippen LogP contribution in [0.2, 0.25) is 5.02 Å². The van der Waals surface area contributed by atoms with Crippen LogP contribution in [0.3, 0.4) is 0 Å². The van der Waals surface area contributed by atoms with Gasteiger partial charge in [-0.1, -0.05) is 18.5 Å². The Kier molecular flexibility index (Phi) is 8.21. The van der Waals surface area contributed by atoms with Crippen LogP contribution in [0.4, 0.5) is 4.79 Å². The maximum Gasteiger partial charge on any atom is 0.338 e. The fourth-order valence-electron chi connectivity index (χ4n) is 2.80. The minimum atomic E-state index is -0.621. The molecular weight excluding hydrogens is 400 g/mol. The number of ether oxygens (including phenoxy) is 2. The van der Waals surface area contributed by atoms with Crippen molar-refractivity contribution in [3.8, 4) is 0 Å². The van der Waals surface area contributed by atoms with Crippen LogP contribution in [0.5, 0.6) is 0 Å². The number of halogens is 1. The fourth-order valence-corrected chi connectivity index (χ4v) is 2.92. The summed E-state index contributed by atoms with van der Waals surface area (Å²) in [6.07, 6.45) is 0.303. The molecule has 0 spiro atoms. The minimum absolute atomic E-state index is 0.0320.